The first-order valence-electron chi connectivity index (χ1n) is 11.6. The molecule has 2 unspecified atom stereocenters. The summed E-state index contributed by atoms with van der Waals surface area (Å²) in [4.78, 5) is 38.8. The zero-order chi connectivity index (χ0) is 24.2. The van der Waals surface area contributed by atoms with Gasteiger partial charge in [0, 0.05) is 5.56 Å². The fourth-order valence-corrected chi connectivity index (χ4v) is 4.34. The van der Waals surface area contributed by atoms with Gasteiger partial charge in [-0.05, 0) is 49.9 Å². The van der Waals surface area contributed by atoms with Crippen LogP contribution >= 0.6 is 11.8 Å². The third-order valence-electron chi connectivity index (χ3n) is 5.23. The lowest BCUT2D eigenvalue weighted by atomic mass is 10.0. The number of benzene rings is 1. The SMILES string of the molecule is CCCCC(NC(=O)C(CC(C)C)NC(=O)c1cccc(C)c1)C(=O)CSCc1ccco1. The number of Topliss-reactive ketones (excluding diaryl/α,β-unsaturated/α-hetero) is 1. The summed E-state index contributed by atoms with van der Waals surface area (Å²) in [7, 11) is 0. The van der Waals surface area contributed by atoms with Gasteiger partial charge in [-0.2, -0.15) is 0 Å². The van der Waals surface area contributed by atoms with Gasteiger partial charge in [0.2, 0.25) is 5.91 Å². The summed E-state index contributed by atoms with van der Waals surface area (Å²) >= 11 is 1.47. The molecule has 0 spiro atoms. The highest BCUT2D eigenvalue weighted by Gasteiger charge is 2.27. The van der Waals surface area contributed by atoms with Crippen LogP contribution < -0.4 is 10.6 Å². The number of rotatable bonds is 14. The third kappa shape index (κ3) is 9.46. The molecular weight excluding hydrogens is 436 g/mol. The zero-order valence-corrected chi connectivity index (χ0v) is 20.9. The molecule has 180 valence electrons. The lowest BCUT2D eigenvalue weighted by Gasteiger charge is -2.24. The highest BCUT2D eigenvalue weighted by atomic mass is 32.2. The molecule has 0 fully saturated rings. The van der Waals surface area contributed by atoms with Crippen molar-refractivity contribution >= 4 is 29.4 Å². The Hall–Kier alpha value is -2.54. The van der Waals surface area contributed by atoms with Crippen molar-refractivity contribution in [2.75, 3.05) is 5.75 Å². The van der Waals surface area contributed by atoms with E-state index >= 15 is 0 Å². The number of furan rings is 1. The van der Waals surface area contributed by atoms with Gasteiger partial charge in [0.15, 0.2) is 5.78 Å². The number of thioether (sulfide) groups is 1. The Morgan fingerprint density at radius 3 is 2.48 bits per heavy atom. The fraction of sp³-hybridized carbons (Fsp3) is 0.500. The van der Waals surface area contributed by atoms with E-state index in [0.717, 1.165) is 24.2 Å². The van der Waals surface area contributed by atoms with Crippen molar-refractivity contribution in [3.63, 3.8) is 0 Å². The van der Waals surface area contributed by atoms with Crippen molar-refractivity contribution < 1.29 is 18.8 Å². The van der Waals surface area contributed by atoms with Crippen LogP contribution in [0.3, 0.4) is 0 Å². The van der Waals surface area contributed by atoms with Gasteiger partial charge in [-0.15, -0.1) is 11.8 Å². The molecule has 0 aliphatic heterocycles. The summed E-state index contributed by atoms with van der Waals surface area (Å²) < 4.78 is 5.31. The van der Waals surface area contributed by atoms with Crippen molar-refractivity contribution in [1.29, 1.82) is 0 Å². The Bertz CT molecular complexity index is 895. The minimum absolute atomic E-state index is 0.0123. The molecule has 2 atom stereocenters. The molecule has 1 heterocycles. The van der Waals surface area contributed by atoms with Crippen LogP contribution in [0.5, 0.6) is 0 Å². The van der Waals surface area contributed by atoms with Gasteiger partial charge in [0.25, 0.3) is 5.91 Å². The normalized spacial score (nSPS) is 12.9. The van der Waals surface area contributed by atoms with Gasteiger partial charge < -0.3 is 15.1 Å². The van der Waals surface area contributed by atoms with E-state index in [0.29, 0.717) is 29.9 Å². The van der Waals surface area contributed by atoms with Crippen molar-refractivity contribution in [2.24, 2.45) is 5.92 Å². The van der Waals surface area contributed by atoms with Crippen LogP contribution in [-0.4, -0.2) is 35.4 Å². The number of unbranched alkanes of at least 4 members (excludes halogenated alkanes) is 1. The van der Waals surface area contributed by atoms with Gasteiger partial charge in [-0.3, -0.25) is 14.4 Å². The Balaban J connectivity index is 2.02. The third-order valence-corrected chi connectivity index (χ3v) is 6.21. The van der Waals surface area contributed by atoms with E-state index < -0.39 is 12.1 Å². The topological polar surface area (TPSA) is 88.4 Å². The first-order valence-corrected chi connectivity index (χ1v) is 12.8. The summed E-state index contributed by atoms with van der Waals surface area (Å²) in [6.45, 7) is 7.98. The van der Waals surface area contributed by atoms with E-state index in [9.17, 15) is 14.4 Å². The maximum absolute atomic E-state index is 13.2. The molecule has 0 bridgehead atoms. The summed E-state index contributed by atoms with van der Waals surface area (Å²) in [5.74, 6) is 1.31. The number of aryl methyl sites for hydroxylation is 1. The summed E-state index contributed by atoms with van der Waals surface area (Å²) in [6, 6.07) is 9.70. The van der Waals surface area contributed by atoms with Gasteiger partial charge in [0.1, 0.15) is 11.8 Å². The monoisotopic (exact) mass is 472 g/mol. The zero-order valence-electron chi connectivity index (χ0n) is 20.1. The van der Waals surface area contributed by atoms with E-state index in [2.05, 4.69) is 17.6 Å². The van der Waals surface area contributed by atoms with Gasteiger partial charge in [-0.25, -0.2) is 0 Å². The van der Waals surface area contributed by atoms with Crippen LogP contribution in [0.2, 0.25) is 0 Å². The van der Waals surface area contributed by atoms with Crippen LogP contribution in [0, 0.1) is 12.8 Å². The molecule has 0 radical (unpaired) electrons. The van der Waals surface area contributed by atoms with Crippen molar-refractivity contribution in [2.45, 2.75) is 71.2 Å². The molecule has 2 N–H and O–H groups in total. The largest absolute Gasteiger partial charge is 0.468 e. The molecule has 7 heteroatoms. The second-order valence-electron chi connectivity index (χ2n) is 8.77. The predicted molar refractivity (Wildman–Crippen MR) is 133 cm³/mol. The Labute approximate surface area is 201 Å². The first-order chi connectivity index (χ1) is 15.8. The lowest BCUT2D eigenvalue weighted by Crippen LogP contribution is -2.52. The number of carbonyl (C=O) groups is 3. The molecule has 0 aliphatic rings. The molecule has 2 amide bonds. The van der Waals surface area contributed by atoms with Crippen LogP contribution in [0.4, 0.5) is 0 Å². The highest BCUT2D eigenvalue weighted by Crippen LogP contribution is 2.15. The highest BCUT2D eigenvalue weighted by molar-refractivity contribution is 7.99. The molecule has 1 aromatic heterocycles. The van der Waals surface area contributed by atoms with Crippen LogP contribution in [0.15, 0.2) is 47.1 Å². The van der Waals surface area contributed by atoms with Gasteiger partial charge in [0.05, 0.1) is 23.8 Å². The molecule has 0 aliphatic carbocycles. The number of carbonyl (C=O) groups excluding carboxylic acids is 3. The van der Waals surface area contributed by atoms with Crippen molar-refractivity contribution in [3.05, 3.63) is 59.5 Å². The summed E-state index contributed by atoms with van der Waals surface area (Å²) in [6.07, 6.45) is 4.46. The number of hydrogen-bond acceptors (Lipinski definition) is 5. The number of nitrogens with one attached hydrogen (secondary N) is 2. The second-order valence-corrected chi connectivity index (χ2v) is 9.75. The lowest BCUT2D eigenvalue weighted by molar-refractivity contribution is -0.128. The molecular formula is C26H36N2O4S. The summed E-state index contributed by atoms with van der Waals surface area (Å²) in [5.41, 5.74) is 1.49. The Morgan fingerprint density at radius 2 is 1.85 bits per heavy atom. The molecule has 2 aromatic rings. The average Bonchev–Trinajstić information content (AvgIpc) is 3.29. The Kier molecular flexibility index (Phi) is 11.2. The van der Waals surface area contributed by atoms with Crippen LogP contribution in [0.25, 0.3) is 0 Å². The molecule has 6 nitrogen and oxygen atoms in total. The minimum atomic E-state index is -0.703. The first kappa shape index (κ1) is 26.7. The fourth-order valence-electron chi connectivity index (χ4n) is 3.47. The molecule has 2 rings (SSSR count). The van der Waals surface area contributed by atoms with Crippen LogP contribution in [-0.2, 0) is 15.3 Å². The van der Waals surface area contributed by atoms with Crippen molar-refractivity contribution in [3.8, 4) is 0 Å². The summed E-state index contributed by atoms with van der Waals surface area (Å²) in [5, 5.41) is 5.80. The molecule has 0 saturated heterocycles. The van der Waals surface area contributed by atoms with E-state index in [1.165, 1.54) is 11.8 Å². The standard InChI is InChI=1S/C26H36N2O4S/c1-5-6-12-22(24(29)17-33-16-21-11-8-13-32-21)27-26(31)23(14-18(2)3)28-25(30)20-10-7-9-19(4)15-20/h7-11,13,15,18,22-23H,5-6,12,14,16-17H2,1-4H3,(H,27,31)(H,28,30). The Morgan fingerprint density at radius 1 is 1.06 bits per heavy atom. The number of amides is 2. The van der Waals surface area contributed by atoms with Gasteiger partial charge in [-0.1, -0.05) is 51.3 Å². The maximum atomic E-state index is 13.2. The smallest absolute Gasteiger partial charge is 0.251 e. The quantitative estimate of drug-likeness (QED) is 0.408. The van der Waals surface area contributed by atoms with Crippen molar-refractivity contribution in [1.82, 2.24) is 10.6 Å². The number of ketones is 1. The molecule has 1 aromatic carbocycles. The predicted octanol–water partition coefficient (Wildman–Crippen LogP) is 4.91. The maximum Gasteiger partial charge on any atom is 0.251 e. The van der Waals surface area contributed by atoms with Gasteiger partial charge >= 0.3 is 0 Å². The number of hydrogen-bond donors (Lipinski definition) is 2. The van der Waals surface area contributed by atoms with E-state index in [4.69, 9.17) is 4.42 Å². The van der Waals surface area contributed by atoms with Crippen LogP contribution in [0.1, 0.15) is 68.1 Å². The van der Waals surface area contributed by atoms with E-state index in [1.54, 1.807) is 18.4 Å². The molecule has 0 saturated carbocycles. The second kappa shape index (κ2) is 13.9. The average molecular weight is 473 g/mol. The van der Waals surface area contributed by atoms with E-state index in [1.807, 2.05) is 45.0 Å². The van der Waals surface area contributed by atoms with E-state index in [-0.39, 0.29) is 23.5 Å². The molecule has 33 heavy (non-hydrogen) atoms. The minimum Gasteiger partial charge on any atom is -0.468 e.